The Morgan fingerprint density at radius 1 is 1.05 bits per heavy atom. The van der Waals surface area contributed by atoms with E-state index in [4.69, 9.17) is 23.2 Å². The van der Waals surface area contributed by atoms with Crippen LogP contribution >= 0.6 is 23.2 Å². The number of nitrogens with zero attached hydrogens (tertiary/aromatic N) is 2. The highest BCUT2D eigenvalue weighted by Crippen LogP contribution is 2.19. The van der Waals surface area contributed by atoms with E-state index in [1.54, 1.807) is 12.3 Å². The van der Waals surface area contributed by atoms with Crippen molar-refractivity contribution < 1.29 is 4.79 Å². The van der Waals surface area contributed by atoms with Crippen molar-refractivity contribution in [2.45, 2.75) is 0 Å². The Balaban J connectivity index is 1.88. The predicted molar refractivity (Wildman–Crippen MR) is 84.0 cm³/mol. The molecule has 0 spiro atoms. The van der Waals surface area contributed by atoms with Crippen LogP contribution in [0.5, 0.6) is 0 Å². The lowest BCUT2D eigenvalue weighted by atomic mass is 10.2. The van der Waals surface area contributed by atoms with Gasteiger partial charge in [0.25, 0.3) is 5.91 Å². The number of pyridine rings is 2. The van der Waals surface area contributed by atoms with E-state index >= 15 is 0 Å². The molecule has 0 aliphatic rings. The molecule has 21 heavy (non-hydrogen) atoms. The van der Waals surface area contributed by atoms with Gasteiger partial charge >= 0.3 is 0 Å². The Morgan fingerprint density at radius 2 is 1.81 bits per heavy atom. The fraction of sp³-hybridized carbons (Fsp3) is 0. The van der Waals surface area contributed by atoms with Crippen LogP contribution in [0.1, 0.15) is 10.4 Å². The summed E-state index contributed by atoms with van der Waals surface area (Å²) in [7, 11) is 0. The molecule has 0 aliphatic carbocycles. The third-order valence-electron chi connectivity index (χ3n) is 2.89. The van der Waals surface area contributed by atoms with Gasteiger partial charge < -0.3 is 5.32 Å². The molecule has 1 N–H and O–H groups in total. The Labute approximate surface area is 130 Å². The number of halogens is 2. The third-order valence-corrected chi connectivity index (χ3v) is 3.27. The van der Waals surface area contributed by atoms with Crippen molar-refractivity contribution in [3.8, 4) is 0 Å². The van der Waals surface area contributed by atoms with Crippen molar-refractivity contribution >= 4 is 45.7 Å². The number of fused-ring (bicyclic) bond motifs is 1. The van der Waals surface area contributed by atoms with E-state index < -0.39 is 0 Å². The zero-order valence-corrected chi connectivity index (χ0v) is 12.2. The van der Waals surface area contributed by atoms with Crippen LogP contribution in [0.15, 0.2) is 48.7 Å². The summed E-state index contributed by atoms with van der Waals surface area (Å²) in [6.07, 6.45) is 1.72. The number of rotatable bonds is 2. The molecule has 0 fully saturated rings. The number of amides is 1. The Bertz CT molecular complexity index is 816. The molecular weight excluding hydrogens is 309 g/mol. The van der Waals surface area contributed by atoms with Crippen LogP contribution in [0.2, 0.25) is 10.3 Å². The van der Waals surface area contributed by atoms with Gasteiger partial charge in [0.15, 0.2) is 0 Å². The zero-order chi connectivity index (χ0) is 14.8. The number of carbonyl (C=O) groups excluding carboxylic acids is 1. The first-order chi connectivity index (χ1) is 10.1. The van der Waals surface area contributed by atoms with Crippen molar-refractivity contribution in [3.05, 3.63) is 64.5 Å². The van der Waals surface area contributed by atoms with Crippen molar-refractivity contribution in [2.24, 2.45) is 0 Å². The average molecular weight is 318 g/mol. The molecule has 1 aromatic carbocycles. The van der Waals surface area contributed by atoms with E-state index in [1.807, 2.05) is 24.3 Å². The Hall–Kier alpha value is -2.17. The number of anilines is 1. The quantitative estimate of drug-likeness (QED) is 0.721. The molecule has 3 aromatic rings. The molecular formula is C15H9Cl2N3O. The van der Waals surface area contributed by atoms with Crippen LogP contribution in [-0.4, -0.2) is 15.9 Å². The molecule has 0 radical (unpaired) electrons. The van der Waals surface area contributed by atoms with Gasteiger partial charge in [-0.2, -0.15) is 0 Å². The number of aromatic nitrogens is 2. The molecule has 0 saturated heterocycles. The van der Waals surface area contributed by atoms with E-state index in [1.165, 1.54) is 12.1 Å². The first-order valence-electron chi connectivity index (χ1n) is 6.11. The SMILES string of the molecule is O=C(Nc1ccc2ncccc2c1)c1cc(Cl)nc(Cl)c1. The number of hydrogen-bond donors (Lipinski definition) is 1. The molecule has 4 nitrogen and oxygen atoms in total. The number of hydrogen-bond acceptors (Lipinski definition) is 3. The standard InChI is InChI=1S/C15H9Cl2N3O/c16-13-7-10(8-14(17)20-13)15(21)19-11-3-4-12-9(6-11)2-1-5-18-12/h1-8H,(H,19,21). The highest BCUT2D eigenvalue weighted by Gasteiger charge is 2.09. The van der Waals surface area contributed by atoms with Crippen LogP contribution in [0, 0.1) is 0 Å². The van der Waals surface area contributed by atoms with E-state index in [0.717, 1.165) is 10.9 Å². The number of benzene rings is 1. The molecule has 2 aromatic heterocycles. The molecule has 1 amide bonds. The van der Waals surface area contributed by atoms with Gasteiger partial charge in [-0.25, -0.2) is 4.98 Å². The lowest BCUT2D eigenvalue weighted by molar-refractivity contribution is 0.102. The van der Waals surface area contributed by atoms with Crippen molar-refractivity contribution in [1.82, 2.24) is 9.97 Å². The van der Waals surface area contributed by atoms with Crippen LogP contribution in [0.3, 0.4) is 0 Å². The maximum Gasteiger partial charge on any atom is 0.255 e. The van der Waals surface area contributed by atoms with Crippen LogP contribution in [0.25, 0.3) is 10.9 Å². The van der Waals surface area contributed by atoms with E-state index in [9.17, 15) is 4.79 Å². The summed E-state index contributed by atoms with van der Waals surface area (Å²) in [4.78, 5) is 20.2. The third kappa shape index (κ3) is 3.12. The maximum absolute atomic E-state index is 12.2. The Kier molecular flexibility index (Phi) is 3.73. The van der Waals surface area contributed by atoms with Crippen molar-refractivity contribution in [2.75, 3.05) is 5.32 Å². The van der Waals surface area contributed by atoms with Crippen molar-refractivity contribution in [3.63, 3.8) is 0 Å². The second-order valence-corrected chi connectivity index (χ2v) is 5.14. The second-order valence-electron chi connectivity index (χ2n) is 4.37. The van der Waals surface area contributed by atoms with Gasteiger partial charge in [-0.1, -0.05) is 29.3 Å². The lowest BCUT2D eigenvalue weighted by Gasteiger charge is -2.07. The van der Waals surface area contributed by atoms with Crippen molar-refractivity contribution in [1.29, 1.82) is 0 Å². The van der Waals surface area contributed by atoms with Gasteiger partial charge in [0, 0.05) is 22.8 Å². The highest BCUT2D eigenvalue weighted by atomic mass is 35.5. The van der Waals surface area contributed by atoms with Crippen LogP contribution in [0.4, 0.5) is 5.69 Å². The lowest BCUT2D eigenvalue weighted by Crippen LogP contribution is -2.12. The predicted octanol–water partition coefficient (Wildman–Crippen LogP) is 4.19. The smallest absolute Gasteiger partial charge is 0.255 e. The normalized spacial score (nSPS) is 10.6. The second kappa shape index (κ2) is 5.68. The van der Waals surface area contributed by atoms with E-state index in [2.05, 4.69) is 15.3 Å². The van der Waals surface area contributed by atoms with Gasteiger partial charge in [-0.05, 0) is 36.4 Å². The average Bonchev–Trinajstić information content (AvgIpc) is 2.46. The minimum atomic E-state index is -0.301. The highest BCUT2D eigenvalue weighted by molar-refractivity contribution is 6.33. The van der Waals surface area contributed by atoms with Gasteiger partial charge in [0.2, 0.25) is 0 Å². The minimum absolute atomic E-state index is 0.176. The number of nitrogens with one attached hydrogen (secondary N) is 1. The fourth-order valence-electron chi connectivity index (χ4n) is 1.95. The van der Waals surface area contributed by atoms with Gasteiger partial charge in [0.1, 0.15) is 10.3 Å². The number of carbonyl (C=O) groups is 1. The van der Waals surface area contributed by atoms with Gasteiger partial charge in [-0.15, -0.1) is 0 Å². The van der Waals surface area contributed by atoms with Gasteiger partial charge in [-0.3, -0.25) is 9.78 Å². The first kappa shape index (κ1) is 13.8. The summed E-state index contributed by atoms with van der Waals surface area (Å²) in [6.45, 7) is 0. The summed E-state index contributed by atoms with van der Waals surface area (Å²) >= 11 is 11.6. The fourth-order valence-corrected chi connectivity index (χ4v) is 2.41. The molecule has 2 heterocycles. The molecule has 0 aliphatic heterocycles. The molecule has 0 atom stereocenters. The molecule has 3 rings (SSSR count). The molecule has 6 heteroatoms. The molecule has 0 unspecified atom stereocenters. The summed E-state index contributed by atoms with van der Waals surface area (Å²) in [6, 6.07) is 12.2. The summed E-state index contributed by atoms with van der Waals surface area (Å²) in [5, 5.41) is 4.09. The molecule has 104 valence electrons. The molecule has 0 bridgehead atoms. The largest absolute Gasteiger partial charge is 0.322 e. The van der Waals surface area contributed by atoms with Gasteiger partial charge in [0.05, 0.1) is 5.52 Å². The van der Waals surface area contributed by atoms with Crippen LogP contribution < -0.4 is 5.32 Å². The monoisotopic (exact) mass is 317 g/mol. The summed E-state index contributed by atoms with van der Waals surface area (Å²) in [5.74, 6) is -0.301. The van der Waals surface area contributed by atoms with E-state index in [-0.39, 0.29) is 16.2 Å². The topological polar surface area (TPSA) is 54.9 Å². The first-order valence-corrected chi connectivity index (χ1v) is 6.87. The van der Waals surface area contributed by atoms with Crippen LogP contribution in [-0.2, 0) is 0 Å². The summed E-state index contributed by atoms with van der Waals surface area (Å²) in [5.41, 5.74) is 1.89. The minimum Gasteiger partial charge on any atom is -0.322 e. The van der Waals surface area contributed by atoms with E-state index in [0.29, 0.717) is 11.3 Å². The maximum atomic E-state index is 12.2. The molecule has 0 saturated carbocycles. The summed E-state index contributed by atoms with van der Waals surface area (Å²) < 4.78 is 0. The zero-order valence-electron chi connectivity index (χ0n) is 10.7. The Morgan fingerprint density at radius 3 is 2.57 bits per heavy atom.